The second kappa shape index (κ2) is 9.48. The van der Waals surface area contributed by atoms with Crippen LogP contribution in [0.4, 0.5) is 0 Å². The van der Waals surface area contributed by atoms with Gasteiger partial charge in [-0.3, -0.25) is 4.79 Å². The molecule has 0 saturated carbocycles. The van der Waals surface area contributed by atoms with Crippen molar-refractivity contribution in [3.63, 3.8) is 0 Å². The second-order valence-electron chi connectivity index (χ2n) is 8.29. The van der Waals surface area contributed by atoms with Crippen molar-refractivity contribution in [1.29, 1.82) is 0 Å². The smallest absolute Gasteiger partial charge is 0.254 e. The van der Waals surface area contributed by atoms with Gasteiger partial charge >= 0.3 is 0 Å². The summed E-state index contributed by atoms with van der Waals surface area (Å²) in [5.41, 5.74) is 5.97. The van der Waals surface area contributed by atoms with E-state index in [-0.39, 0.29) is 27.4 Å². The number of benzene rings is 3. The number of fused-ring (bicyclic) bond motifs is 1. The first-order chi connectivity index (χ1) is 16.9. The van der Waals surface area contributed by atoms with Crippen molar-refractivity contribution >= 4 is 40.1 Å². The molecule has 0 unspecified atom stereocenters. The molecule has 2 aromatic heterocycles. The first-order valence-electron chi connectivity index (χ1n) is 10.9. The third-order valence-corrected chi connectivity index (χ3v) is 6.58. The van der Waals surface area contributed by atoms with Crippen molar-refractivity contribution in [3.05, 3.63) is 99.0 Å². The van der Waals surface area contributed by atoms with Crippen LogP contribution >= 0.6 is 23.2 Å². The molecule has 0 spiro atoms. The minimum Gasteiger partial charge on any atom is -0.351 e. The molecule has 3 aromatic carbocycles. The molecule has 2 heterocycles. The summed E-state index contributed by atoms with van der Waals surface area (Å²) >= 11 is 12.9. The average molecular weight is 506 g/mol. The van der Waals surface area contributed by atoms with Gasteiger partial charge in [-0.1, -0.05) is 53.5 Å². The quantitative estimate of drug-likeness (QED) is 0.337. The molecule has 2 N–H and O–H groups in total. The van der Waals surface area contributed by atoms with Gasteiger partial charge in [-0.2, -0.15) is 0 Å². The van der Waals surface area contributed by atoms with E-state index in [9.17, 15) is 4.79 Å². The summed E-state index contributed by atoms with van der Waals surface area (Å²) in [5, 5.41) is 14.4. The van der Waals surface area contributed by atoms with Crippen LogP contribution in [0.3, 0.4) is 0 Å². The molecule has 0 saturated heterocycles. The fourth-order valence-electron chi connectivity index (χ4n) is 3.98. The first-order valence-corrected chi connectivity index (χ1v) is 11.7. The number of aromatic nitrogens is 6. The van der Waals surface area contributed by atoms with Crippen molar-refractivity contribution in [1.82, 2.24) is 35.5 Å². The predicted octanol–water partition coefficient (Wildman–Crippen LogP) is 5.02. The van der Waals surface area contributed by atoms with Crippen LogP contribution in [0.15, 0.2) is 60.9 Å². The van der Waals surface area contributed by atoms with Crippen LogP contribution in [-0.4, -0.2) is 42.6 Å². The molecule has 0 aliphatic carbocycles. The van der Waals surface area contributed by atoms with Gasteiger partial charge in [0.1, 0.15) is 12.2 Å². The van der Waals surface area contributed by atoms with Gasteiger partial charge in [0.2, 0.25) is 0 Å². The van der Waals surface area contributed by atoms with E-state index >= 15 is 0 Å². The van der Waals surface area contributed by atoms with Gasteiger partial charge in [0.05, 0.1) is 38.2 Å². The van der Waals surface area contributed by atoms with E-state index in [0.717, 1.165) is 22.4 Å². The Kier molecular flexibility index (Phi) is 6.23. The molecule has 5 aromatic rings. The number of carbonyl (C=O) groups is 1. The molecular weight excluding hydrogens is 485 g/mol. The SMILES string of the molecule is Cc1cc2nc([C@@H](CNC(=O)c3c(Cl)cc(-n4cnnn4)cc3Cl)c3ccccc3)[nH]c2cc1C. The Morgan fingerprint density at radius 1 is 1.06 bits per heavy atom. The number of imidazole rings is 1. The molecule has 0 radical (unpaired) electrons. The minimum atomic E-state index is -0.382. The van der Waals surface area contributed by atoms with Crippen LogP contribution < -0.4 is 5.32 Å². The Labute approximate surface area is 211 Å². The van der Waals surface area contributed by atoms with Gasteiger partial charge in [0.25, 0.3) is 5.91 Å². The van der Waals surface area contributed by atoms with E-state index in [0.29, 0.717) is 12.2 Å². The van der Waals surface area contributed by atoms with Crippen LogP contribution in [0.1, 0.15) is 38.8 Å². The molecule has 1 atom stereocenters. The van der Waals surface area contributed by atoms with Crippen molar-refractivity contribution in [2.45, 2.75) is 19.8 Å². The fraction of sp³-hybridized carbons (Fsp3) is 0.160. The monoisotopic (exact) mass is 505 g/mol. The van der Waals surface area contributed by atoms with E-state index in [2.05, 4.69) is 51.8 Å². The van der Waals surface area contributed by atoms with Crippen LogP contribution in [-0.2, 0) is 0 Å². The molecule has 176 valence electrons. The zero-order valence-corrected chi connectivity index (χ0v) is 20.5. The number of hydrogen-bond acceptors (Lipinski definition) is 5. The highest BCUT2D eigenvalue weighted by Crippen LogP contribution is 2.29. The number of H-pyrrole nitrogens is 1. The molecule has 0 bridgehead atoms. The van der Waals surface area contributed by atoms with Crippen molar-refractivity contribution in [3.8, 4) is 5.69 Å². The number of aromatic amines is 1. The van der Waals surface area contributed by atoms with Gasteiger partial charge in [-0.15, -0.1) is 5.10 Å². The number of nitrogens with zero attached hydrogens (tertiary/aromatic N) is 5. The lowest BCUT2D eigenvalue weighted by atomic mass is 9.98. The van der Waals surface area contributed by atoms with Crippen LogP contribution in [0.25, 0.3) is 16.7 Å². The summed E-state index contributed by atoms with van der Waals surface area (Å²) in [4.78, 5) is 21.4. The number of carbonyl (C=O) groups excluding carboxylic acids is 1. The summed E-state index contributed by atoms with van der Waals surface area (Å²) in [6.45, 7) is 4.43. The number of hydrogen-bond donors (Lipinski definition) is 2. The Balaban J connectivity index is 1.44. The topological polar surface area (TPSA) is 101 Å². The summed E-state index contributed by atoms with van der Waals surface area (Å²) in [6, 6.07) is 17.3. The standard InChI is InChI=1S/C25H21Cl2N7O/c1-14-8-21-22(9-15(14)2)31-24(30-21)18(16-6-4-3-5-7-16)12-28-25(35)23-19(26)10-17(11-20(23)27)34-13-29-32-33-34/h3-11,13,18H,12H2,1-2H3,(H,28,35)(H,30,31)/t18-/m0/s1. The molecule has 35 heavy (non-hydrogen) atoms. The maximum atomic E-state index is 13.2. The molecule has 8 nitrogen and oxygen atoms in total. The molecule has 0 aliphatic heterocycles. The normalized spacial score (nSPS) is 12.1. The molecule has 1 amide bonds. The maximum Gasteiger partial charge on any atom is 0.254 e. The van der Waals surface area contributed by atoms with Gasteiger partial charge in [-0.25, -0.2) is 9.67 Å². The number of aryl methyl sites for hydroxylation is 2. The number of amides is 1. The summed E-state index contributed by atoms with van der Waals surface area (Å²) in [7, 11) is 0. The lowest BCUT2D eigenvalue weighted by Crippen LogP contribution is -2.30. The molecule has 5 rings (SSSR count). The number of tetrazole rings is 1. The number of nitrogens with one attached hydrogen (secondary N) is 2. The van der Waals surface area contributed by atoms with Gasteiger partial charge in [-0.05, 0) is 65.2 Å². The van der Waals surface area contributed by atoms with Gasteiger partial charge < -0.3 is 10.3 Å². The van der Waals surface area contributed by atoms with E-state index in [4.69, 9.17) is 28.2 Å². The largest absolute Gasteiger partial charge is 0.351 e. The van der Waals surface area contributed by atoms with Crippen molar-refractivity contribution in [2.75, 3.05) is 6.54 Å². The number of halogens is 2. The Morgan fingerprint density at radius 2 is 1.77 bits per heavy atom. The maximum absolute atomic E-state index is 13.2. The van der Waals surface area contributed by atoms with Crippen LogP contribution in [0.5, 0.6) is 0 Å². The van der Waals surface area contributed by atoms with E-state index in [1.165, 1.54) is 22.1 Å². The fourth-order valence-corrected chi connectivity index (χ4v) is 4.63. The van der Waals surface area contributed by atoms with Crippen molar-refractivity contribution < 1.29 is 4.79 Å². The van der Waals surface area contributed by atoms with Crippen LogP contribution in [0, 0.1) is 13.8 Å². The van der Waals surface area contributed by atoms with E-state index < -0.39 is 0 Å². The predicted molar refractivity (Wildman–Crippen MR) is 135 cm³/mol. The highest BCUT2D eigenvalue weighted by molar-refractivity contribution is 6.40. The van der Waals surface area contributed by atoms with Crippen LogP contribution in [0.2, 0.25) is 10.0 Å². The zero-order valence-electron chi connectivity index (χ0n) is 19.0. The molecule has 10 heteroatoms. The molecule has 0 fully saturated rings. The van der Waals surface area contributed by atoms with E-state index in [1.54, 1.807) is 12.1 Å². The zero-order chi connectivity index (χ0) is 24.5. The lowest BCUT2D eigenvalue weighted by Gasteiger charge is -2.17. The first kappa shape index (κ1) is 23.0. The summed E-state index contributed by atoms with van der Waals surface area (Å²) in [6.07, 6.45) is 1.42. The van der Waals surface area contributed by atoms with E-state index in [1.807, 2.05) is 30.3 Å². The minimum absolute atomic E-state index is 0.188. The number of rotatable bonds is 6. The summed E-state index contributed by atoms with van der Waals surface area (Å²) < 4.78 is 1.41. The van der Waals surface area contributed by atoms with Crippen molar-refractivity contribution in [2.24, 2.45) is 0 Å². The van der Waals surface area contributed by atoms with Gasteiger partial charge in [0.15, 0.2) is 0 Å². The highest BCUT2D eigenvalue weighted by atomic mass is 35.5. The summed E-state index contributed by atoms with van der Waals surface area (Å²) in [5.74, 6) is 0.181. The third-order valence-electron chi connectivity index (χ3n) is 5.98. The lowest BCUT2D eigenvalue weighted by molar-refractivity contribution is 0.0952. The molecular formula is C25H21Cl2N7O. The van der Waals surface area contributed by atoms with Gasteiger partial charge in [0, 0.05) is 6.54 Å². The second-order valence-corrected chi connectivity index (χ2v) is 9.10. The Morgan fingerprint density at radius 3 is 2.46 bits per heavy atom. The Bertz CT molecular complexity index is 1450. The average Bonchev–Trinajstić information content (AvgIpc) is 3.50. The third kappa shape index (κ3) is 4.62. The Hall–Kier alpha value is -3.75. The highest BCUT2D eigenvalue weighted by Gasteiger charge is 2.22. The molecule has 0 aliphatic rings.